The molecule has 2 aromatic rings. The zero-order valence-corrected chi connectivity index (χ0v) is 18.4. The van der Waals surface area contributed by atoms with Crippen LogP contribution in [0.4, 0.5) is 0 Å². The predicted octanol–water partition coefficient (Wildman–Crippen LogP) is 2.81. The van der Waals surface area contributed by atoms with Gasteiger partial charge in [-0.05, 0) is 43.0 Å². The lowest BCUT2D eigenvalue weighted by molar-refractivity contribution is -0.135. The van der Waals surface area contributed by atoms with Crippen LogP contribution < -0.4 is 4.72 Å². The molecule has 1 atom stereocenters. The van der Waals surface area contributed by atoms with E-state index in [0.717, 1.165) is 17.3 Å². The zero-order chi connectivity index (χ0) is 20.3. The number of amides is 1. The minimum Gasteiger partial charge on any atom is -0.341 e. The maximum Gasteiger partial charge on any atom is 0.241 e. The SMILES string of the molecule is CC(C)[C@H](NS(=O)(=O)c1ccc(Br)cc1)C(=O)N1CCC(n2ccnc2)CC1. The second kappa shape index (κ2) is 8.75. The van der Waals surface area contributed by atoms with Crippen LogP contribution in [0.15, 0.2) is 52.4 Å². The Kier molecular flexibility index (Phi) is 6.57. The molecule has 0 spiro atoms. The van der Waals surface area contributed by atoms with E-state index in [4.69, 9.17) is 0 Å². The highest BCUT2D eigenvalue weighted by Crippen LogP contribution is 2.24. The summed E-state index contributed by atoms with van der Waals surface area (Å²) in [5.74, 6) is -0.330. The number of hydrogen-bond acceptors (Lipinski definition) is 4. The second-order valence-corrected chi connectivity index (χ2v) is 9.99. The van der Waals surface area contributed by atoms with Crippen molar-refractivity contribution in [2.45, 2.75) is 43.7 Å². The van der Waals surface area contributed by atoms with Crippen molar-refractivity contribution in [1.82, 2.24) is 19.2 Å². The van der Waals surface area contributed by atoms with Crippen LogP contribution in [-0.2, 0) is 14.8 Å². The van der Waals surface area contributed by atoms with E-state index in [9.17, 15) is 13.2 Å². The number of carbonyl (C=O) groups is 1. The Morgan fingerprint density at radius 2 is 1.86 bits per heavy atom. The molecule has 0 radical (unpaired) electrons. The minimum absolute atomic E-state index is 0.146. The molecular weight excluding hydrogens is 444 g/mol. The van der Waals surface area contributed by atoms with E-state index in [1.54, 1.807) is 29.6 Å². The van der Waals surface area contributed by atoms with Gasteiger partial charge in [-0.3, -0.25) is 4.79 Å². The Morgan fingerprint density at radius 1 is 1.21 bits per heavy atom. The van der Waals surface area contributed by atoms with Gasteiger partial charge in [0.2, 0.25) is 15.9 Å². The molecule has 0 unspecified atom stereocenters. The van der Waals surface area contributed by atoms with Crippen LogP contribution in [0.2, 0.25) is 0 Å². The lowest BCUT2D eigenvalue weighted by Gasteiger charge is -2.35. The summed E-state index contributed by atoms with van der Waals surface area (Å²) in [7, 11) is -3.78. The molecule has 1 saturated heterocycles. The van der Waals surface area contributed by atoms with E-state index in [0.29, 0.717) is 19.1 Å². The van der Waals surface area contributed by atoms with E-state index < -0.39 is 16.1 Å². The van der Waals surface area contributed by atoms with E-state index >= 15 is 0 Å². The number of halogens is 1. The standard InChI is InChI=1S/C19H25BrN4O3S/c1-14(2)18(22-28(26,27)17-5-3-15(20)4-6-17)19(25)23-10-7-16(8-11-23)24-12-9-21-13-24/h3-6,9,12-14,16,18,22H,7-8,10-11H2,1-2H3/t18-/m0/s1. The third-order valence-electron chi connectivity index (χ3n) is 5.06. The number of hydrogen-bond donors (Lipinski definition) is 1. The van der Waals surface area contributed by atoms with Crippen LogP contribution in [0.25, 0.3) is 0 Å². The molecule has 152 valence electrons. The summed E-state index contributed by atoms with van der Waals surface area (Å²) in [4.78, 5) is 19.1. The first-order valence-corrected chi connectivity index (χ1v) is 11.6. The summed E-state index contributed by atoms with van der Waals surface area (Å²) in [6.07, 6.45) is 7.14. The number of rotatable bonds is 6. The lowest BCUT2D eigenvalue weighted by atomic mass is 10.0. The average Bonchev–Trinajstić information content (AvgIpc) is 3.21. The van der Waals surface area contributed by atoms with E-state index in [1.807, 2.05) is 20.0 Å². The zero-order valence-electron chi connectivity index (χ0n) is 16.0. The predicted molar refractivity (Wildman–Crippen MR) is 110 cm³/mol. The van der Waals surface area contributed by atoms with Crippen LogP contribution in [0.3, 0.4) is 0 Å². The Labute approximate surface area is 174 Å². The molecule has 7 nitrogen and oxygen atoms in total. The number of carbonyl (C=O) groups excluding carboxylic acids is 1. The third kappa shape index (κ3) is 4.82. The van der Waals surface area contributed by atoms with E-state index in [-0.39, 0.29) is 16.7 Å². The van der Waals surface area contributed by atoms with Gasteiger partial charge in [-0.2, -0.15) is 4.72 Å². The first-order valence-electron chi connectivity index (χ1n) is 9.32. The molecule has 0 saturated carbocycles. The van der Waals surface area contributed by atoms with Gasteiger partial charge in [0.05, 0.1) is 11.2 Å². The molecule has 1 aromatic carbocycles. The summed E-state index contributed by atoms with van der Waals surface area (Å²) in [5, 5.41) is 0. The van der Waals surface area contributed by atoms with Gasteiger partial charge in [-0.15, -0.1) is 0 Å². The van der Waals surface area contributed by atoms with Crippen LogP contribution in [0.5, 0.6) is 0 Å². The molecule has 1 aromatic heterocycles. The van der Waals surface area contributed by atoms with Gasteiger partial charge in [-0.1, -0.05) is 29.8 Å². The number of likely N-dealkylation sites (tertiary alicyclic amines) is 1. The van der Waals surface area contributed by atoms with Crippen LogP contribution in [0.1, 0.15) is 32.7 Å². The number of imidazole rings is 1. The highest BCUT2D eigenvalue weighted by Gasteiger charge is 2.33. The van der Waals surface area contributed by atoms with Crippen molar-refractivity contribution in [3.8, 4) is 0 Å². The number of nitrogens with zero attached hydrogens (tertiary/aromatic N) is 3. The summed E-state index contributed by atoms with van der Waals surface area (Å²) in [6.45, 7) is 4.91. The number of aromatic nitrogens is 2. The van der Waals surface area contributed by atoms with Crippen molar-refractivity contribution in [2.24, 2.45) is 5.92 Å². The van der Waals surface area contributed by atoms with Crippen molar-refractivity contribution in [3.05, 3.63) is 47.5 Å². The third-order valence-corrected chi connectivity index (χ3v) is 7.05. The van der Waals surface area contributed by atoms with Crippen molar-refractivity contribution in [3.63, 3.8) is 0 Å². The van der Waals surface area contributed by atoms with Gasteiger partial charge in [0.15, 0.2) is 0 Å². The van der Waals surface area contributed by atoms with Gasteiger partial charge in [0.25, 0.3) is 0 Å². The monoisotopic (exact) mass is 468 g/mol. The van der Waals surface area contributed by atoms with Crippen molar-refractivity contribution < 1.29 is 13.2 Å². The quantitative estimate of drug-likeness (QED) is 0.705. The highest BCUT2D eigenvalue weighted by molar-refractivity contribution is 9.10. The lowest BCUT2D eigenvalue weighted by Crippen LogP contribution is -2.52. The van der Waals surface area contributed by atoms with Gasteiger partial charge in [-0.25, -0.2) is 13.4 Å². The fraction of sp³-hybridized carbons (Fsp3) is 0.474. The number of sulfonamides is 1. The number of piperidine rings is 1. The molecule has 2 heterocycles. The normalized spacial score (nSPS) is 17.1. The van der Waals surface area contributed by atoms with Crippen LogP contribution >= 0.6 is 15.9 Å². The fourth-order valence-electron chi connectivity index (χ4n) is 3.39. The fourth-order valence-corrected chi connectivity index (χ4v) is 4.99. The molecule has 1 aliphatic heterocycles. The van der Waals surface area contributed by atoms with Gasteiger partial charge < -0.3 is 9.47 Å². The molecule has 9 heteroatoms. The number of nitrogens with one attached hydrogen (secondary N) is 1. The summed E-state index contributed by atoms with van der Waals surface area (Å²) in [5.41, 5.74) is 0. The van der Waals surface area contributed by atoms with Crippen molar-refractivity contribution >= 4 is 31.9 Å². The van der Waals surface area contributed by atoms with Gasteiger partial charge >= 0.3 is 0 Å². The van der Waals surface area contributed by atoms with Crippen LogP contribution in [0, 0.1) is 5.92 Å². The maximum atomic E-state index is 13.1. The Hall–Kier alpha value is -1.71. The molecule has 0 aliphatic carbocycles. The van der Waals surface area contributed by atoms with Crippen LogP contribution in [-0.4, -0.2) is 47.9 Å². The molecule has 0 bridgehead atoms. The summed E-state index contributed by atoms with van der Waals surface area (Å²) >= 11 is 3.30. The first-order chi connectivity index (χ1) is 13.3. The Bertz CT molecular complexity index is 890. The second-order valence-electron chi connectivity index (χ2n) is 7.36. The minimum atomic E-state index is -3.78. The van der Waals surface area contributed by atoms with Gasteiger partial charge in [0.1, 0.15) is 6.04 Å². The molecule has 3 rings (SSSR count). The molecule has 1 amide bonds. The molecular formula is C19H25BrN4O3S. The smallest absolute Gasteiger partial charge is 0.241 e. The molecule has 1 aliphatic rings. The largest absolute Gasteiger partial charge is 0.341 e. The molecule has 1 N–H and O–H groups in total. The van der Waals surface area contributed by atoms with E-state index in [2.05, 4.69) is 30.2 Å². The highest BCUT2D eigenvalue weighted by atomic mass is 79.9. The molecule has 1 fully saturated rings. The summed E-state index contributed by atoms with van der Waals surface area (Å²) in [6, 6.07) is 5.90. The first kappa shape index (κ1) is 21.0. The van der Waals surface area contributed by atoms with Crippen molar-refractivity contribution in [2.75, 3.05) is 13.1 Å². The maximum absolute atomic E-state index is 13.1. The van der Waals surface area contributed by atoms with E-state index in [1.165, 1.54) is 12.1 Å². The van der Waals surface area contributed by atoms with Crippen molar-refractivity contribution in [1.29, 1.82) is 0 Å². The Morgan fingerprint density at radius 3 is 2.39 bits per heavy atom. The van der Waals surface area contributed by atoms with Gasteiger partial charge in [0, 0.05) is 36.0 Å². The summed E-state index contributed by atoms with van der Waals surface area (Å²) < 4.78 is 31.0. The Balaban J connectivity index is 1.68. The molecule has 28 heavy (non-hydrogen) atoms. The number of benzene rings is 1. The average molecular weight is 469 g/mol. The topological polar surface area (TPSA) is 84.3 Å².